The van der Waals surface area contributed by atoms with Gasteiger partial charge in [-0.3, -0.25) is 0 Å². The second-order valence-electron chi connectivity index (χ2n) is 5.08. The molecule has 0 aliphatic carbocycles. The van der Waals surface area contributed by atoms with E-state index < -0.39 is 11.7 Å². The van der Waals surface area contributed by atoms with Crippen molar-refractivity contribution in [1.29, 1.82) is 0 Å². The zero-order valence-electron chi connectivity index (χ0n) is 10.9. The quantitative estimate of drug-likeness (QED) is 0.590. The van der Waals surface area contributed by atoms with Crippen LogP contribution in [-0.2, 0) is 14.3 Å². The zero-order valence-corrected chi connectivity index (χ0v) is 10.9. The van der Waals surface area contributed by atoms with E-state index >= 15 is 0 Å². The lowest BCUT2D eigenvalue weighted by Crippen LogP contribution is -2.29. The summed E-state index contributed by atoms with van der Waals surface area (Å²) in [6.45, 7) is 4.09. The SMILES string of the molecule is COC(=O)C1CC(CCCC(C)(C)O)=CCO1. The predicted octanol–water partition coefficient (Wildman–Crippen LogP) is 1.82. The molecule has 0 aromatic rings. The molecule has 0 fully saturated rings. The van der Waals surface area contributed by atoms with E-state index in [4.69, 9.17) is 4.74 Å². The first-order valence-corrected chi connectivity index (χ1v) is 6.02. The van der Waals surface area contributed by atoms with Gasteiger partial charge in [0.1, 0.15) is 0 Å². The molecule has 0 bridgehead atoms. The molecule has 1 N–H and O–H groups in total. The standard InChI is InChI=1S/C13H22O4/c1-13(2,15)7-4-5-10-6-8-17-11(9-10)12(14)16-3/h6,11,15H,4-5,7-9H2,1-3H3. The Labute approximate surface area is 103 Å². The van der Waals surface area contributed by atoms with Crippen LogP contribution in [0.25, 0.3) is 0 Å². The van der Waals surface area contributed by atoms with Gasteiger partial charge in [0.05, 0.1) is 19.3 Å². The number of ether oxygens (including phenoxy) is 2. The van der Waals surface area contributed by atoms with E-state index in [9.17, 15) is 9.90 Å². The fourth-order valence-electron chi connectivity index (χ4n) is 1.90. The fraction of sp³-hybridized carbons (Fsp3) is 0.769. The fourth-order valence-corrected chi connectivity index (χ4v) is 1.90. The largest absolute Gasteiger partial charge is 0.467 e. The summed E-state index contributed by atoms with van der Waals surface area (Å²) in [5.74, 6) is -0.307. The first kappa shape index (κ1) is 14.2. The number of rotatable bonds is 5. The molecule has 4 heteroatoms. The molecule has 1 unspecified atom stereocenters. The van der Waals surface area contributed by atoms with Crippen molar-refractivity contribution in [1.82, 2.24) is 0 Å². The Morgan fingerprint density at radius 2 is 2.35 bits per heavy atom. The Morgan fingerprint density at radius 1 is 1.65 bits per heavy atom. The monoisotopic (exact) mass is 242 g/mol. The lowest BCUT2D eigenvalue weighted by molar-refractivity contribution is -0.153. The van der Waals surface area contributed by atoms with Gasteiger partial charge in [-0.1, -0.05) is 11.6 Å². The summed E-state index contributed by atoms with van der Waals surface area (Å²) in [5.41, 5.74) is 0.601. The highest BCUT2D eigenvalue weighted by molar-refractivity contribution is 5.75. The minimum Gasteiger partial charge on any atom is -0.467 e. The van der Waals surface area contributed by atoms with E-state index in [2.05, 4.69) is 4.74 Å². The third kappa shape index (κ3) is 5.33. The van der Waals surface area contributed by atoms with E-state index in [1.165, 1.54) is 12.7 Å². The van der Waals surface area contributed by atoms with Crippen LogP contribution in [-0.4, -0.2) is 36.5 Å². The highest BCUT2D eigenvalue weighted by Gasteiger charge is 2.24. The van der Waals surface area contributed by atoms with Crippen LogP contribution in [0, 0.1) is 0 Å². The number of hydrogen-bond acceptors (Lipinski definition) is 4. The summed E-state index contributed by atoms with van der Waals surface area (Å²) in [4.78, 5) is 11.3. The Kier molecular flexibility index (Phi) is 5.15. The Balaban J connectivity index is 2.35. The van der Waals surface area contributed by atoms with Crippen LogP contribution in [0.5, 0.6) is 0 Å². The second-order valence-corrected chi connectivity index (χ2v) is 5.08. The van der Waals surface area contributed by atoms with Crippen LogP contribution in [0.1, 0.15) is 39.5 Å². The van der Waals surface area contributed by atoms with Gasteiger partial charge < -0.3 is 14.6 Å². The molecule has 1 atom stereocenters. The van der Waals surface area contributed by atoms with Crippen LogP contribution in [0.3, 0.4) is 0 Å². The minimum atomic E-state index is -0.618. The highest BCUT2D eigenvalue weighted by Crippen LogP contribution is 2.22. The molecule has 0 aromatic heterocycles. The minimum absolute atomic E-state index is 0.307. The molecular formula is C13H22O4. The number of methoxy groups -OCH3 is 1. The third-order valence-corrected chi connectivity index (χ3v) is 2.87. The van der Waals surface area contributed by atoms with E-state index in [1.807, 2.05) is 19.9 Å². The lowest BCUT2D eigenvalue weighted by Gasteiger charge is -2.22. The predicted molar refractivity (Wildman–Crippen MR) is 64.6 cm³/mol. The molecule has 1 aliphatic heterocycles. The van der Waals surface area contributed by atoms with E-state index in [-0.39, 0.29) is 5.97 Å². The molecule has 1 aliphatic rings. The number of esters is 1. The van der Waals surface area contributed by atoms with Crippen molar-refractivity contribution in [3.05, 3.63) is 11.6 Å². The topological polar surface area (TPSA) is 55.8 Å². The molecule has 1 heterocycles. The Bertz CT molecular complexity index is 288. The van der Waals surface area contributed by atoms with Gasteiger partial charge in [0.15, 0.2) is 6.10 Å². The first-order chi connectivity index (χ1) is 7.92. The Morgan fingerprint density at radius 3 is 2.94 bits per heavy atom. The maximum absolute atomic E-state index is 11.3. The van der Waals surface area contributed by atoms with Crippen LogP contribution in [0.15, 0.2) is 11.6 Å². The average Bonchev–Trinajstić information content (AvgIpc) is 2.27. The van der Waals surface area contributed by atoms with Crippen LogP contribution < -0.4 is 0 Å². The zero-order chi connectivity index (χ0) is 12.9. The molecule has 17 heavy (non-hydrogen) atoms. The molecule has 0 saturated carbocycles. The summed E-state index contributed by atoms with van der Waals surface area (Å²) in [7, 11) is 1.37. The van der Waals surface area contributed by atoms with Crippen LogP contribution in [0.2, 0.25) is 0 Å². The molecule has 4 nitrogen and oxygen atoms in total. The molecule has 0 saturated heterocycles. The van der Waals surface area contributed by atoms with E-state index in [1.54, 1.807) is 0 Å². The maximum Gasteiger partial charge on any atom is 0.335 e. The van der Waals surface area contributed by atoms with Gasteiger partial charge >= 0.3 is 5.97 Å². The normalized spacial score (nSPS) is 20.9. The average molecular weight is 242 g/mol. The summed E-state index contributed by atoms with van der Waals surface area (Å²) >= 11 is 0. The molecule has 0 radical (unpaired) electrons. The summed E-state index contributed by atoms with van der Waals surface area (Å²) in [6, 6.07) is 0. The van der Waals surface area contributed by atoms with Crippen molar-refractivity contribution in [2.24, 2.45) is 0 Å². The molecule has 0 spiro atoms. The van der Waals surface area contributed by atoms with Crippen LogP contribution >= 0.6 is 0 Å². The van der Waals surface area contributed by atoms with Gasteiger partial charge in [-0.25, -0.2) is 4.79 Å². The molecule has 0 aromatic carbocycles. The van der Waals surface area contributed by atoms with E-state index in [0.717, 1.165) is 19.3 Å². The summed E-state index contributed by atoms with van der Waals surface area (Å²) in [5, 5.41) is 9.61. The third-order valence-electron chi connectivity index (χ3n) is 2.87. The van der Waals surface area contributed by atoms with Crippen molar-refractivity contribution in [3.63, 3.8) is 0 Å². The number of hydrogen-bond donors (Lipinski definition) is 1. The van der Waals surface area contributed by atoms with Gasteiger partial charge in [-0.05, 0) is 33.1 Å². The molecular weight excluding hydrogens is 220 g/mol. The number of carbonyl (C=O) groups excluding carboxylic acids is 1. The van der Waals surface area contributed by atoms with E-state index in [0.29, 0.717) is 13.0 Å². The smallest absolute Gasteiger partial charge is 0.335 e. The van der Waals surface area contributed by atoms with Crippen molar-refractivity contribution in [3.8, 4) is 0 Å². The van der Waals surface area contributed by atoms with Gasteiger partial charge in [0.25, 0.3) is 0 Å². The molecule has 0 amide bonds. The van der Waals surface area contributed by atoms with Gasteiger partial charge in [0.2, 0.25) is 0 Å². The van der Waals surface area contributed by atoms with Gasteiger partial charge in [-0.2, -0.15) is 0 Å². The Hall–Kier alpha value is -0.870. The van der Waals surface area contributed by atoms with Gasteiger partial charge in [-0.15, -0.1) is 0 Å². The van der Waals surface area contributed by atoms with Crippen molar-refractivity contribution >= 4 is 5.97 Å². The molecule has 98 valence electrons. The summed E-state index contributed by atoms with van der Waals surface area (Å²) in [6.07, 6.45) is 4.75. The highest BCUT2D eigenvalue weighted by atomic mass is 16.6. The summed E-state index contributed by atoms with van der Waals surface area (Å²) < 4.78 is 9.97. The second kappa shape index (κ2) is 6.17. The van der Waals surface area contributed by atoms with Crippen LogP contribution in [0.4, 0.5) is 0 Å². The van der Waals surface area contributed by atoms with Gasteiger partial charge in [0, 0.05) is 6.42 Å². The van der Waals surface area contributed by atoms with Crippen molar-refractivity contribution < 1.29 is 19.4 Å². The van der Waals surface area contributed by atoms with Crippen molar-refractivity contribution in [2.75, 3.05) is 13.7 Å². The number of aliphatic hydroxyl groups is 1. The lowest BCUT2D eigenvalue weighted by atomic mass is 9.95. The maximum atomic E-state index is 11.3. The molecule has 1 rings (SSSR count). The van der Waals surface area contributed by atoms with Crippen molar-refractivity contribution in [2.45, 2.75) is 51.2 Å². The first-order valence-electron chi connectivity index (χ1n) is 6.02. The number of carbonyl (C=O) groups is 1.